The van der Waals surface area contributed by atoms with E-state index in [1.807, 2.05) is 0 Å². The van der Waals surface area contributed by atoms with Gasteiger partial charge >= 0.3 is 0 Å². The minimum atomic E-state index is -2.86. The van der Waals surface area contributed by atoms with Gasteiger partial charge in [-0.3, -0.25) is 0 Å². The molecule has 0 saturated carbocycles. The van der Waals surface area contributed by atoms with Crippen LogP contribution in [0.2, 0.25) is 0 Å². The molecule has 6 nitrogen and oxygen atoms in total. The minimum absolute atomic E-state index is 0.452. The molecule has 0 spiro atoms. The Morgan fingerprint density at radius 1 is 1.27 bits per heavy atom. The van der Waals surface area contributed by atoms with Crippen molar-refractivity contribution in [3.8, 4) is 0 Å². The van der Waals surface area contributed by atoms with Crippen molar-refractivity contribution in [3.05, 3.63) is 6.61 Å². The summed E-state index contributed by atoms with van der Waals surface area (Å²) < 4.78 is 4.36. The topological polar surface area (TPSA) is 110 Å². The van der Waals surface area contributed by atoms with Gasteiger partial charge in [-0.25, -0.2) is 0 Å². The average molecular weight is 165 g/mol. The largest absolute Gasteiger partial charge is 0.393 e. The number of aliphatic hydroxyl groups is 5. The number of ether oxygens (including phenoxy) is 1. The maximum Gasteiger partial charge on any atom is 0.251 e. The van der Waals surface area contributed by atoms with Gasteiger partial charge in [0.15, 0.2) is 0 Å². The molecule has 5 N–H and O–H groups in total. The molecule has 1 rings (SSSR count). The van der Waals surface area contributed by atoms with Crippen LogP contribution >= 0.6 is 0 Å². The van der Waals surface area contributed by atoms with E-state index in [1.165, 1.54) is 0 Å². The summed E-state index contributed by atoms with van der Waals surface area (Å²) in [4.78, 5) is 0. The second kappa shape index (κ2) is 2.37. The molecule has 0 aromatic carbocycles. The van der Waals surface area contributed by atoms with Gasteiger partial charge in [0.1, 0.15) is 12.7 Å². The van der Waals surface area contributed by atoms with Crippen LogP contribution in [-0.2, 0) is 4.74 Å². The zero-order valence-corrected chi connectivity index (χ0v) is 5.51. The Kier molecular flexibility index (Phi) is 1.91. The van der Waals surface area contributed by atoms with Crippen LogP contribution in [0.4, 0.5) is 0 Å². The fourth-order valence-corrected chi connectivity index (χ4v) is 0.766. The molecule has 1 aliphatic heterocycles. The Hall–Kier alpha value is -0.240. The van der Waals surface area contributed by atoms with Crippen LogP contribution < -0.4 is 0 Å². The van der Waals surface area contributed by atoms with Gasteiger partial charge < -0.3 is 30.3 Å². The molecule has 0 bridgehead atoms. The number of hydrogen-bond acceptors (Lipinski definition) is 6. The SMILES string of the molecule is OC[C@H]1O[CH]C(O)(O)C1(O)O. The lowest BCUT2D eigenvalue weighted by molar-refractivity contribution is -0.335. The van der Waals surface area contributed by atoms with Crippen molar-refractivity contribution in [2.24, 2.45) is 0 Å². The van der Waals surface area contributed by atoms with Crippen molar-refractivity contribution < 1.29 is 30.3 Å². The molecule has 1 radical (unpaired) electrons. The third-order valence-electron chi connectivity index (χ3n) is 1.55. The van der Waals surface area contributed by atoms with E-state index in [4.69, 9.17) is 25.5 Å². The van der Waals surface area contributed by atoms with E-state index in [2.05, 4.69) is 4.74 Å². The van der Waals surface area contributed by atoms with Gasteiger partial charge in [-0.15, -0.1) is 0 Å². The monoisotopic (exact) mass is 165 g/mol. The Morgan fingerprint density at radius 2 is 1.82 bits per heavy atom. The molecule has 0 unspecified atom stereocenters. The highest BCUT2D eigenvalue weighted by molar-refractivity contribution is 5.01. The summed E-state index contributed by atoms with van der Waals surface area (Å²) in [6.45, 7) is -0.264. The van der Waals surface area contributed by atoms with E-state index in [9.17, 15) is 0 Å². The zero-order valence-electron chi connectivity index (χ0n) is 5.51. The molecule has 0 amide bonds. The van der Waals surface area contributed by atoms with Gasteiger partial charge in [0.05, 0.1) is 6.61 Å². The molecular formula is C5H9O6. The van der Waals surface area contributed by atoms with E-state index >= 15 is 0 Å². The summed E-state index contributed by atoms with van der Waals surface area (Å²) in [7, 11) is 0. The minimum Gasteiger partial charge on any atom is -0.393 e. The highest BCUT2D eigenvalue weighted by Gasteiger charge is 2.60. The van der Waals surface area contributed by atoms with E-state index in [0.717, 1.165) is 0 Å². The third-order valence-corrected chi connectivity index (χ3v) is 1.55. The van der Waals surface area contributed by atoms with Crippen LogP contribution in [0, 0.1) is 6.61 Å². The molecule has 0 aromatic rings. The number of hydrogen-bond donors (Lipinski definition) is 5. The maximum atomic E-state index is 8.92. The van der Waals surface area contributed by atoms with Crippen molar-refractivity contribution >= 4 is 0 Å². The Balaban J connectivity index is 2.81. The predicted octanol–water partition coefficient (Wildman–Crippen LogP) is -3.10. The lowest BCUT2D eigenvalue weighted by Gasteiger charge is -2.28. The zero-order chi connectivity index (χ0) is 8.70. The first-order chi connectivity index (χ1) is 4.92. The van der Waals surface area contributed by atoms with Crippen LogP contribution in [0.15, 0.2) is 0 Å². The summed E-state index contributed by atoms with van der Waals surface area (Å²) in [5.41, 5.74) is 0. The predicted molar refractivity (Wildman–Crippen MR) is 30.6 cm³/mol. The molecule has 1 aliphatic rings. The van der Waals surface area contributed by atoms with Crippen LogP contribution in [0.5, 0.6) is 0 Å². The van der Waals surface area contributed by atoms with Crippen LogP contribution in [0.3, 0.4) is 0 Å². The van der Waals surface area contributed by atoms with E-state index in [-0.39, 0.29) is 0 Å². The summed E-state index contributed by atoms with van der Waals surface area (Å²) in [5, 5.41) is 43.9. The summed E-state index contributed by atoms with van der Waals surface area (Å²) in [6, 6.07) is 0. The van der Waals surface area contributed by atoms with Crippen molar-refractivity contribution in [2.45, 2.75) is 17.7 Å². The molecule has 6 heteroatoms. The maximum absolute atomic E-state index is 8.92. The Bertz CT molecular complexity index is 153. The van der Waals surface area contributed by atoms with Gasteiger partial charge in [0.2, 0.25) is 0 Å². The molecular weight excluding hydrogens is 156 g/mol. The summed E-state index contributed by atoms with van der Waals surface area (Å²) in [6.07, 6.45) is -1.43. The number of aliphatic hydroxyl groups excluding tert-OH is 1. The Morgan fingerprint density at radius 3 is 2.00 bits per heavy atom. The molecule has 1 saturated heterocycles. The molecule has 0 aromatic heterocycles. The number of rotatable bonds is 1. The first kappa shape index (κ1) is 8.85. The van der Waals surface area contributed by atoms with Gasteiger partial charge in [-0.05, 0) is 0 Å². The van der Waals surface area contributed by atoms with Crippen molar-refractivity contribution in [3.63, 3.8) is 0 Å². The second-order valence-corrected chi connectivity index (χ2v) is 2.38. The lowest BCUT2D eigenvalue weighted by Crippen LogP contribution is -2.56. The second-order valence-electron chi connectivity index (χ2n) is 2.38. The highest BCUT2D eigenvalue weighted by atomic mass is 16.7. The highest BCUT2D eigenvalue weighted by Crippen LogP contribution is 2.33. The van der Waals surface area contributed by atoms with Gasteiger partial charge in [0.25, 0.3) is 11.6 Å². The summed E-state index contributed by atoms with van der Waals surface area (Å²) in [5.74, 6) is -5.69. The van der Waals surface area contributed by atoms with Crippen LogP contribution in [0.1, 0.15) is 0 Å². The molecule has 11 heavy (non-hydrogen) atoms. The standard InChI is InChI=1S/C5H9O6/c6-1-3-5(9,10)4(7,8)2-11-3/h2-3,6-10H,1H2/t3-/m1/s1. The van der Waals surface area contributed by atoms with Crippen molar-refractivity contribution in [1.29, 1.82) is 0 Å². The van der Waals surface area contributed by atoms with E-state index in [1.54, 1.807) is 0 Å². The van der Waals surface area contributed by atoms with Gasteiger partial charge in [0, 0.05) is 0 Å². The summed E-state index contributed by atoms with van der Waals surface area (Å²) >= 11 is 0. The molecule has 1 atom stereocenters. The molecule has 1 heterocycles. The first-order valence-corrected chi connectivity index (χ1v) is 2.92. The molecule has 65 valence electrons. The van der Waals surface area contributed by atoms with Crippen LogP contribution in [-0.4, -0.2) is 49.8 Å². The van der Waals surface area contributed by atoms with Crippen molar-refractivity contribution in [2.75, 3.05) is 6.61 Å². The van der Waals surface area contributed by atoms with Gasteiger partial charge in [-0.2, -0.15) is 0 Å². The first-order valence-electron chi connectivity index (χ1n) is 2.92. The molecule has 1 fully saturated rings. The lowest BCUT2D eigenvalue weighted by atomic mass is 10.1. The third kappa shape index (κ3) is 1.13. The molecule has 0 aliphatic carbocycles. The fourth-order valence-electron chi connectivity index (χ4n) is 0.766. The van der Waals surface area contributed by atoms with Crippen LogP contribution in [0.25, 0.3) is 0 Å². The quantitative estimate of drug-likeness (QED) is 0.263. The normalized spacial score (nSPS) is 34.1. The van der Waals surface area contributed by atoms with E-state index < -0.39 is 24.3 Å². The average Bonchev–Trinajstić information content (AvgIpc) is 2.05. The van der Waals surface area contributed by atoms with E-state index in [0.29, 0.717) is 6.61 Å². The smallest absolute Gasteiger partial charge is 0.251 e. The Labute approximate surface area is 62.3 Å². The fraction of sp³-hybridized carbons (Fsp3) is 0.800. The van der Waals surface area contributed by atoms with Gasteiger partial charge in [-0.1, -0.05) is 0 Å². The van der Waals surface area contributed by atoms with Crippen molar-refractivity contribution in [1.82, 2.24) is 0 Å².